The molecular weight excluding hydrogens is 416 g/mol. The summed E-state index contributed by atoms with van der Waals surface area (Å²) < 4.78 is 11.5. The van der Waals surface area contributed by atoms with Crippen molar-refractivity contribution >= 4 is 11.8 Å². The van der Waals surface area contributed by atoms with E-state index in [-0.39, 0.29) is 17.4 Å². The zero-order valence-corrected chi connectivity index (χ0v) is 19.4. The molecule has 1 unspecified atom stereocenters. The zero-order chi connectivity index (χ0) is 23.1. The second kappa shape index (κ2) is 10.8. The van der Waals surface area contributed by atoms with Crippen LogP contribution in [-0.2, 0) is 27.3 Å². The molecule has 2 amide bonds. The van der Waals surface area contributed by atoms with E-state index in [0.717, 1.165) is 42.6 Å². The van der Waals surface area contributed by atoms with E-state index in [1.807, 2.05) is 59.5 Å². The maximum Gasteiger partial charge on any atom is 0.226 e. The van der Waals surface area contributed by atoms with Crippen molar-refractivity contribution in [1.29, 1.82) is 0 Å². The van der Waals surface area contributed by atoms with E-state index in [2.05, 4.69) is 5.32 Å². The molecule has 0 aromatic heterocycles. The second-order valence-corrected chi connectivity index (χ2v) is 9.27. The number of benzene rings is 2. The Hall–Kier alpha value is -2.86. The fourth-order valence-electron chi connectivity index (χ4n) is 5.02. The van der Waals surface area contributed by atoms with Crippen molar-refractivity contribution < 1.29 is 19.1 Å². The van der Waals surface area contributed by atoms with Gasteiger partial charge in [0.2, 0.25) is 11.8 Å². The molecule has 33 heavy (non-hydrogen) atoms. The zero-order valence-electron chi connectivity index (χ0n) is 19.4. The van der Waals surface area contributed by atoms with Crippen molar-refractivity contribution in [3.05, 3.63) is 65.7 Å². The standard InChI is InChI=1S/C27H34N2O4/c1-32-24-9-5-8-22(16-24)18-26(31)29-13-11-27(12-14-29)19-23(10-15-33-27)17-25(30)28-20-21-6-3-2-4-7-21/h2-9,16,23H,10-15,17-20H2,1H3,(H,28,30). The number of hydrogen-bond donors (Lipinski definition) is 1. The van der Waals surface area contributed by atoms with Gasteiger partial charge in [-0.3, -0.25) is 9.59 Å². The van der Waals surface area contributed by atoms with Gasteiger partial charge in [-0.15, -0.1) is 0 Å². The molecule has 6 heteroatoms. The Balaban J connectivity index is 1.24. The van der Waals surface area contributed by atoms with Gasteiger partial charge in [0.25, 0.3) is 0 Å². The van der Waals surface area contributed by atoms with Gasteiger partial charge in [-0.25, -0.2) is 0 Å². The predicted octanol–water partition coefficient (Wildman–Crippen LogP) is 3.73. The summed E-state index contributed by atoms with van der Waals surface area (Å²) in [7, 11) is 1.63. The van der Waals surface area contributed by atoms with E-state index in [0.29, 0.717) is 45.0 Å². The van der Waals surface area contributed by atoms with Crippen LogP contribution in [0.5, 0.6) is 5.75 Å². The van der Waals surface area contributed by atoms with Crippen LogP contribution < -0.4 is 10.1 Å². The summed E-state index contributed by atoms with van der Waals surface area (Å²) in [6.07, 6.45) is 4.40. The van der Waals surface area contributed by atoms with E-state index >= 15 is 0 Å². The van der Waals surface area contributed by atoms with Gasteiger partial charge >= 0.3 is 0 Å². The number of methoxy groups -OCH3 is 1. The average molecular weight is 451 g/mol. The van der Waals surface area contributed by atoms with Crippen LogP contribution in [0.3, 0.4) is 0 Å². The molecule has 0 radical (unpaired) electrons. The van der Waals surface area contributed by atoms with Crippen molar-refractivity contribution in [3.8, 4) is 5.75 Å². The summed E-state index contributed by atoms with van der Waals surface area (Å²) in [4.78, 5) is 27.3. The first kappa shape index (κ1) is 23.3. The Morgan fingerprint density at radius 1 is 1.09 bits per heavy atom. The minimum atomic E-state index is -0.199. The first-order valence-electron chi connectivity index (χ1n) is 11.9. The minimum Gasteiger partial charge on any atom is -0.497 e. The molecule has 2 fully saturated rings. The Labute approximate surface area is 196 Å². The number of hydrogen-bond acceptors (Lipinski definition) is 4. The second-order valence-electron chi connectivity index (χ2n) is 9.27. The lowest BCUT2D eigenvalue weighted by molar-refractivity contribution is -0.148. The van der Waals surface area contributed by atoms with Crippen LogP contribution in [0.2, 0.25) is 0 Å². The van der Waals surface area contributed by atoms with Crippen LogP contribution in [0.15, 0.2) is 54.6 Å². The third-order valence-corrected chi connectivity index (χ3v) is 6.92. The molecular formula is C27H34N2O4. The number of likely N-dealkylation sites (tertiary alicyclic amines) is 1. The van der Waals surface area contributed by atoms with Crippen molar-refractivity contribution in [2.45, 2.75) is 50.7 Å². The number of rotatable bonds is 7. The van der Waals surface area contributed by atoms with Crippen LogP contribution in [0.1, 0.15) is 43.2 Å². The fraction of sp³-hybridized carbons (Fsp3) is 0.481. The minimum absolute atomic E-state index is 0.104. The molecule has 4 rings (SSSR count). The van der Waals surface area contributed by atoms with Crippen molar-refractivity contribution in [3.63, 3.8) is 0 Å². The summed E-state index contributed by atoms with van der Waals surface area (Å²) in [6, 6.07) is 17.7. The molecule has 1 atom stereocenters. The molecule has 176 valence electrons. The van der Waals surface area contributed by atoms with Crippen molar-refractivity contribution in [1.82, 2.24) is 10.2 Å². The highest BCUT2D eigenvalue weighted by Crippen LogP contribution is 2.39. The van der Waals surface area contributed by atoms with E-state index in [4.69, 9.17) is 9.47 Å². The van der Waals surface area contributed by atoms with Gasteiger partial charge < -0.3 is 19.7 Å². The highest BCUT2D eigenvalue weighted by Gasteiger charge is 2.41. The highest BCUT2D eigenvalue weighted by molar-refractivity contribution is 5.79. The van der Waals surface area contributed by atoms with Gasteiger partial charge in [-0.05, 0) is 54.9 Å². The van der Waals surface area contributed by atoms with E-state index in [1.54, 1.807) is 7.11 Å². The third kappa shape index (κ3) is 6.35. The summed E-state index contributed by atoms with van der Waals surface area (Å²) >= 11 is 0. The predicted molar refractivity (Wildman–Crippen MR) is 127 cm³/mol. The van der Waals surface area contributed by atoms with Gasteiger partial charge in [-0.1, -0.05) is 42.5 Å². The molecule has 0 saturated carbocycles. The Morgan fingerprint density at radius 2 is 1.85 bits per heavy atom. The lowest BCUT2D eigenvalue weighted by Gasteiger charge is -2.46. The Bertz CT molecular complexity index is 938. The Kier molecular flexibility index (Phi) is 7.65. The number of carbonyl (C=O) groups excluding carboxylic acids is 2. The summed E-state index contributed by atoms with van der Waals surface area (Å²) in [6.45, 7) is 2.66. The Morgan fingerprint density at radius 3 is 2.61 bits per heavy atom. The number of nitrogens with zero attached hydrogens (tertiary/aromatic N) is 1. The van der Waals surface area contributed by atoms with Crippen LogP contribution in [0, 0.1) is 5.92 Å². The molecule has 0 bridgehead atoms. The summed E-state index contributed by atoms with van der Waals surface area (Å²) in [5.41, 5.74) is 1.88. The average Bonchev–Trinajstić information content (AvgIpc) is 2.84. The largest absolute Gasteiger partial charge is 0.497 e. The molecule has 1 N–H and O–H groups in total. The lowest BCUT2D eigenvalue weighted by Crippen LogP contribution is -2.51. The molecule has 2 aliphatic rings. The first-order valence-corrected chi connectivity index (χ1v) is 11.9. The quantitative estimate of drug-likeness (QED) is 0.698. The van der Waals surface area contributed by atoms with Gasteiger partial charge in [-0.2, -0.15) is 0 Å². The summed E-state index contributed by atoms with van der Waals surface area (Å²) in [5.74, 6) is 1.35. The van der Waals surface area contributed by atoms with Gasteiger partial charge in [0.15, 0.2) is 0 Å². The fourth-order valence-corrected chi connectivity index (χ4v) is 5.02. The molecule has 2 aromatic carbocycles. The number of piperidine rings is 1. The van der Waals surface area contributed by atoms with Crippen molar-refractivity contribution in [2.75, 3.05) is 26.8 Å². The van der Waals surface area contributed by atoms with E-state index < -0.39 is 0 Å². The van der Waals surface area contributed by atoms with Gasteiger partial charge in [0, 0.05) is 32.7 Å². The maximum absolute atomic E-state index is 12.8. The first-order chi connectivity index (χ1) is 16.0. The molecule has 6 nitrogen and oxygen atoms in total. The van der Waals surface area contributed by atoms with Gasteiger partial charge in [0.1, 0.15) is 5.75 Å². The molecule has 0 aliphatic carbocycles. The van der Waals surface area contributed by atoms with Crippen molar-refractivity contribution in [2.24, 2.45) is 5.92 Å². The summed E-state index contributed by atoms with van der Waals surface area (Å²) in [5, 5.41) is 3.05. The highest BCUT2D eigenvalue weighted by atomic mass is 16.5. The normalized spacial score (nSPS) is 19.8. The lowest BCUT2D eigenvalue weighted by atomic mass is 9.78. The molecule has 2 aliphatic heterocycles. The number of nitrogens with one attached hydrogen (secondary N) is 1. The van der Waals surface area contributed by atoms with Gasteiger partial charge in [0.05, 0.1) is 19.1 Å². The topological polar surface area (TPSA) is 67.9 Å². The monoisotopic (exact) mass is 450 g/mol. The van der Waals surface area contributed by atoms with E-state index in [1.165, 1.54) is 0 Å². The molecule has 2 aromatic rings. The molecule has 2 heterocycles. The SMILES string of the molecule is COc1cccc(CC(=O)N2CCC3(CC2)CC(CC(=O)NCc2ccccc2)CCO3)c1. The van der Waals surface area contributed by atoms with Crippen LogP contribution in [0.4, 0.5) is 0 Å². The number of amides is 2. The number of carbonyl (C=O) groups is 2. The van der Waals surface area contributed by atoms with Crippen LogP contribution in [-0.4, -0.2) is 49.1 Å². The van der Waals surface area contributed by atoms with Crippen LogP contribution >= 0.6 is 0 Å². The smallest absolute Gasteiger partial charge is 0.226 e. The van der Waals surface area contributed by atoms with E-state index in [9.17, 15) is 9.59 Å². The van der Waals surface area contributed by atoms with Crippen LogP contribution in [0.25, 0.3) is 0 Å². The molecule has 1 spiro atoms. The molecule has 2 saturated heterocycles. The third-order valence-electron chi connectivity index (χ3n) is 6.92. The maximum atomic E-state index is 12.8. The number of ether oxygens (including phenoxy) is 2.